The Morgan fingerprint density at radius 1 is 1.67 bits per heavy atom. The molecule has 0 bridgehead atoms. The van der Waals surface area contributed by atoms with E-state index in [1.165, 1.54) is 18.0 Å². The van der Waals surface area contributed by atoms with Gasteiger partial charge in [-0.2, -0.15) is 0 Å². The maximum Gasteiger partial charge on any atom is 0.313 e. The molecule has 15 heavy (non-hydrogen) atoms. The van der Waals surface area contributed by atoms with E-state index in [9.17, 15) is 9.59 Å². The second-order valence-corrected chi connectivity index (χ2v) is 7.14. The zero-order chi connectivity index (χ0) is 11.3. The molecule has 3 nitrogen and oxygen atoms in total. The highest BCUT2D eigenvalue weighted by Crippen LogP contribution is 2.30. The molecule has 0 spiro atoms. The van der Waals surface area contributed by atoms with Gasteiger partial charge in [0.25, 0.3) is 0 Å². The smallest absolute Gasteiger partial charge is 0.313 e. The number of thioether (sulfide) groups is 1. The molecule has 1 atom stereocenters. The number of rotatable bonds is 6. The molecule has 1 unspecified atom stereocenters. The van der Waals surface area contributed by atoms with Crippen molar-refractivity contribution in [2.75, 3.05) is 5.75 Å². The number of esters is 1. The first kappa shape index (κ1) is 12.8. The fraction of sp³-hybridized carbons (Fsp3) is 0.600. The first-order chi connectivity index (χ1) is 7.05. The van der Waals surface area contributed by atoms with Crippen molar-refractivity contribution in [3.8, 4) is 0 Å². The van der Waals surface area contributed by atoms with E-state index in [0.717, 1.165) is 19.1 Å². The molecule has 0 radical (unpaired) electrons. The molecule has 84 valence electrons. The summed E-state index contributed by atoms with van der Waals surface area (Å²) in [5.41, 5.74) is 0. The van der Waals surface area contributed by atoms with Crippen LogP contribution >= 0.6 is 27.7 Å². The Hall–Kier alpha value is -0.290. The molecule has 0 N–H and O–H groups in total. The molecule has 1 fully saturated rings. The van der Waals surface area contributed by atoms with Gasteiger partial charge in [0.1, 0.15) is 9.94 Å². The summed E-state index contributed by atoms with van der Waals surface area (Å²) in [5.74, 6) is 0.602. The van der Waals surface area contributed by atoms with Gasteiger partial charge in [0.05, 0.1) is 12.2 Å². The van der Waals surface area contributed by atoms with E-state index < -0.39 is 3.66 Å². The van der Waals surface area contributed by atoms with Crippen molar-refractivity contribution in [3.63, 3.8) is 0 Å². The minimum absolute atomic E-state index is 0.124. The van der Waals surface area contributed by atoms with Crippen LogP contribution in [-0.4, -0.2) is 21.7 Å². The molecule has 0 aliphatic heterocycles. The van der Waals surface area contributed by atoms with Crippen LogP contribution in [-0.2, 0) is 14.3 Å². The standard InChI is InChI=1S/C10H13BrO3S/c1-10(11,7-12)15-6-2-5-14-9(13)8-3-4-8/h2,5,7-8H,3-4,6H2,1H3/b5-2+. The van der Waals surface area contributed by atoms with E-state index in [4.69, 9.17) is 4.74 Å². The SMILES string of the molecule is CC(Br)(C=O)SC/C=C/OC(=O)C1CC1. The van der Waals surface area contributed by atoms with Crippen LogP contribution in [0.3, 0.4) is 0 Å². The summed E-state index contributed by atoms with van der Waals surface area (Å²) in [5, 5.41) is 0. The lowest BCUT2D eigenvalue weighted by Crippen LogP contribution is -2.11. The average Bonchev–Trinajstić information content (AvgIpc) is 3.00. The Morgan fingerprint density at radius 3 is 2.87 bits per heavy atom. The number of carbonyl (C=O) groups is 2. The van der Waals surface area contributed by atoms with Gasteiger partial charge < -0.3 is 9.53 Å². The molecular weight excluding hydrogens is 280 g/mol. The van der Waals surface area contributed by atoms with E-state index in [-0.39, 0.29) is 11.9 Å². The summed E-state index contributed by atoms with van der Waals surface area (Å²) >= 11 is 4.67. The largest absolute Gasteiger partial charge is 0.435 e. The van der Waals surface area contributed by atoms with Crippen LogP contribution in [0, 0.1) is 5.92 Å². The van der Waals surface area contributed by atoms with Gasteiger partial charge in [-0.05, 0) is 25.8 Å². The van der Waals surface area contributed by atoms with Crippen molar-refractivity contribution in [1.29, 1.82) is 0 Å². The summed E-state index contributed by atoms with van der Waals surface area (Å²) < 4.78 is 4.32. The number of aldehydes is 1. The van der Waals surface area contributed by atoms with Crippen molar-refractivity contribution >= 4 is 39.9 Å². The highest BCUT2D eigenvalue weighted by molar-refractivity contribution is 9.12. The lowest BCUT2D eigenvalue weighted by molar-refractivity contribution is -0.139. The van der Waals surface area contributed by atoms with Crippen molar-refractivity contribution in [1.82, 2.24) is 0 Å². The Kier molecular flexibility index (Phi) is 4.86. The molecule has 0 heterocycles. The molecule has 0 aromatic rings. The van der Waals surface area contributed by atoms with E-state index in [0.29, 0.717) is 5.75 Å². The Balaban J connectivity index is 2.11. The Morgan fingerprint density at radius 2 is 2.33 bits per heavy atom. The molecule has 5 heteroatoms. The summed E-state index contributed by atoms with van der Waals surface area (Å²) in [4.78, 5) is 21.6. The third kappa shape index (κ3) is 5.37. The highest BCUT2D eigenvalue weighted by Gasteiger charge is 2.30. The zero-order valence-corrected chi connectivity index (χ0v) is 10.8. The Bertz CT molecular complexity index is 272. The average molecular weight is 293 g/mol. The summed E-state index contributed by atoms with van der Waals surface area (Å²) in [7, 11) is 0. The summed E-state index contributed by atoms with van der Waals surface area (Å²) in [6, 6.07) is 0. The minimum atomic E-state index is -0.558. The maximum absolute atomic E-state index is 11.1. The Labute approximate surface area is 102 Å². The topological polar surface area (TPSA) is 43.4 Å². The summed E-state index contributed by atoms with van der Waals surface area (Å²) in [6.45, 7) is 1.77. The second kappa shape index (κ2) is 5.70. The zero-order valence-electron chi connectivity index (χ0n) is 8.44. The van der Waals surface area contributed by atoms with Gasteiger partial charge in [-0.15, -0.1) is 11.8 Å². The second-order valence-electron chi connectivity index (χ2n) is 3.50. The van der Waals surface area contributed by atoms with Crippen LogP contribution in [0.15, 0.2) is 12.3 Å². The number of hydrogen-bond acceptors (Lipinski definition) is 4. The predicted octanol–water partition coefficient (Wildman–Crippen LogP) is 2.50. The van der Waals surface area contributed by atoms with Crippen LogP contribution in [0.25, 0.3) is 0 Å². The normalized spacial score (nSPS) is 19.9. The van der Waals surface area contributed by atoms with Gasteiger partial charge in [0, 0.05) is 5.75 Å². The van der Waals surface area contributed by atoms with Crippen molar-refractivity contribution in [2.24, 2.45) is 5.92 Å². The van der Waals surface area contributed by atoms with Crippen LogP contribution in [0.1, 0.15) is 19.8 Å². The first-order valence-corrected chi connectivity index (χ1v) is 6.48. The molecule has 1 rings (SSSR count). The number of ether oxygens (including phenoxy) is 1. The molecule has 0 aromatic carbocycles. The van der Waals surface area contributed by atoms with Crippen molar-refractivity contribution in [2.45, 2.75) is 23.4 Å². The molecule has 1 saturated carbocycles. The lowest BCUT2D eigenvalue weighted by Gasteiger charge is -2.11. The molecule has 1 aliphatic rings. The van der Waals surface area contributed by atoms with E-state index in [1.54, 1.807) is 13.0 Å². The fourth-order valence-corrected chi connectivity index (χ4v) is 1.78. The van der Waals surface area contributed by atoms with Gasteiger partial charge in [-0.3, -0.25) is 4.79 Å². The number of alkyl halides is 1. The minimum Gasteiger partial charge on any atom is -0.435 e. The molecular formula is C10H13BrO3S. The number of carbonyl (C=O) groups excluding carboxylic acids is 2. The molecule has 0 amide bonds. The van der Waals surface area contributed by atoms with Crippen LogP contribution in [0.2, 0.25) is 0 Å². The third-order valence-corrected chi connectivity index (χ3v) is 3.76. The van der Waals surface area contributed by atoms with Crippen molar-refractivity contribution < 1.29 is 14.3 Å². The van der Waals surface area contributed by atoms with Gasteiger partial charge in [-0.1, -0.05) is 15.9 Å². The van der Waals surface area contributed by atoms with Gasteiger partial charge in [0.2, 0.25) is 0 Å². The lowest BCUT2D eigenvalue weighted by atomic mass is 10.4. The molecule has 1 aliphatic carbocycles. The predicted molar refractivity (Wildman–Crippen MR) is 63.8 cm³/mol. The monoisotopic (exact) mass is 292 g/mol. The third-order valence-electron chi connectivity index (χ3n) is 1.86. The first-order valence-electron chi connectivity index (χ1n) is 4.70. The molecule has 0 aromatic heterocycles. The van der Waals surface area contributed by atoms with Crippen molar-refractivity contribution in [3.05, 3.63) is 12.3 Å². The van der Waals surface area contributed by atoms with E-state index >= 15 is 0 Å². The quantitative estimate of drug-likeness (QED) is 0.327. The maximum atomic E-state index is 11.1. The van der Waals surface area contributed by atoms with Crippen LogP contribution in [0.4, 0.5) is 0 Å². The number of halogens is 1. The van der Waals surface area contributed by atoms with Crippen LogP contribution < -0.4 is 0 Å². The van der Waals surface area contributed by atoms with Crippen LogP contribution in [0.5, 0.6) is 0 Å². The molecule has 0 saturated heterocycles. The van der Waals surface area contributed by atoms with Gasteiger partial charge >= 0.3 is 5.97 Å². The highest BCUT2D eigenvalue weighted by atomic mass is 79.9. The van der Waals surface area contributed by atoms with E-state index in [2.05, 4.69) is 15.9 Å². The number of hydrogen-bond donors (Lipinski definition) is 0. The van der Waals surface area contributed by atoms with Gasteiger partial charge in [-0.25, -0.2) is 0 Å². The van der Waals surface area contributed by atoms with E-state index in [1.807, 2.05) is 0 Å². The summed E-state index contributed by atoms with van der Waals surface area (Å²) in [6.07, 6.45) is 5.87. The van der Waals surface area contributed by atoms with Gasteiger partial charge in [0.15, 0.2) is 0 Å². The fourth-order valence-electron chi connectivity index (χ4n) is 0.815.